The molecule has 0 aliphatic carbocycles. The molecule has 1 aliphatic rings. The van der Waals surface area contributed by atoms with Crippen LogP contribution in [0, 0.1) is 5.82 Å². The number of pyridine rings is 1. The molecule has 2 amide bonds. The van der Waals surface area contributed by atoms with Crippen molar-refractivity contribution in [2.45, 2.75) is 25.7 Å². The van der Waals surface area contributed by atoms with E-state index in [9.17, 15) is 14.0 Å². The summed E-state index contributed by atoms with van der Waals surface area (Å²) in [5, 5.41) is 5.72. The molecule has 3 heterocycles. The number of carbonyl (C=O) groups is 2. The lowest BCUT2D eigenvalue weighted by molar-refractivity contribution is -0.133. The van der Waals surface area contributed by atoms with Gasteiger partial charge in [0.05, 0.1) is 12.2 Å². The molecule has 2 aromatic heterocycles. The molecule has 1 saturated heterocycles. The van der Waals surface area contributed by atoms with Crippen LogP contribution in [0.2, 0.25) is 0 Å². The molecular formula is C24H25FN6O2. The number of nitrogens with zero attached hydrogens (tertiary/aromatic N) is 4. The highest BCUT2D eigenvalue weighted by molar-refractivity contribution is 5.83. The van der Waals surface area contributed by atoms with Crippen LogP contribution in [-0.4, -0.2) is 51.3 Å². The van der Waals surface area contributed by atoms with Crippen molar-refractivity contribution in [2.24, 2.45) is 0 Å². The highest BCUT2D eigenvalue weighted by atomic mass is 19.1. The molecule has 1 fully saturated rings. The molecule has 4 rings (SSSR count). The SMILES string of the molecule is CC(=O)NCC(=O)N1CCCC(c2nc(Nc3cccc(F)c3)cc(-c3cccnc3)n2)C1. The Balaban J connectivity index is 1.62. The summed E-state index contributed by atoms with van der Waals surface area (Å²) in [5.41, 5.74) is 2.10. The van der Waals surface area contributed by atoms with Crippen LogP contribution in [0.15, 0.2) is 54.9 Å². The van der Waals surface area contributed by atoms with Crippen molar-refractivity contribution in [2.75, 3.05) is 25.0 Å². The van der Waals surface area contributed by atoms with Crippen molar-refractivity contribution in [1.82, 2.24) is 25.2 Å². The quantitative estimate of drug-likeness (QED) is 0.600. The van der Waals surface area contributed by atoms with Crippen LogP contribution in [0.4, 0.5) is 15.9 Å². The zero-order valence-electron chi connectivity index (χ0n) is 18.3. The molecule has 3 aromatic rings. The second kappa shape index (κ2) is 10.2. The Bertz CT molecular complexity index is 1140. The van der Waals surface area contributed by atoms with Gasteiger partial charge in [0.2, 0.25) is 11.8 Å². The van der Waals surface area contributed by atoms with E-state index in [2.05, 4.69) is 15.6 Å². The lowest BCUT2D eigenvalue weighted by Gasteiger charge is -2.32. The van der Waals surface area contributed by atoms with E-state index >= 15 is 0 Å². The van der Waals surface area contributed by atoms with Crippen molar-refractivity contribution < 1.29 is 14.0 Å². The molecular weight excluding hydrogens is 423 g/mol. The van der Waals surface area contributed by atoms with Crippen LogP contribution >= 0.6 is 0 Å². The zero-order chi connectivity index (χ0) is 23.2. The number of benzene rings is 1. The Labute approximate surface area is 191 Å². The fourth-order valence-electron chi connectivity index (χ4n) is 3.82. The van der Waals surface area contributed by atoms with Crippen LogP contribution in [-0.2, 0) is 9.59 Å². The fourth-order valence-corrected chi connectivity index (χ4v) is 3.82. The van der Waals surface area contributed by atoms with Gasteiger partial charge in [0.1, 0.15) is 17.5 Å². The van der Waals surface area contributed by atoms with Crippen LogP contribution in [0.3, 0.4) is 0 Å². The topological polar surface area (TPSA) is 100 Å². The third kappa shape index (κ3) is 5.88. The van der Waals surface area contributed by atoms with Crippen LogP contribution in [0.25, 0.3) is 11.3 Å². The van der Waals surface area contributed by atoms with Gasteiger partial charge < -0.3 is 15.5 Å². The number of hydrogen-bond acceptors (Lipinski definition) is 6. The predicted octanol–water partition coefficient (Wildman–Crippen LogP) is 3.26. The molecule has 9 heteroatoms. The summed E-state index contributed by atoms with van der Waals surface area (Å²) in [6, 6.07) is 11.7. The number of hydrogen-bond donors (Lipinski definition) is 2. The van der Waals surface area contributed by atoms with E-state index < -0.39 is 0 Å². The van der Waals surface area contributed by atoms with E-state index in [0.29, 0.717) is 36.1 Å². The summed E-state index contributed by atoms with van der Waals surface area (Å²) >= 11 is 0. The molecule has 0 bridgehead atoms. The van der Waals surface area contributed by atoms with Gasteiger partial charge in [0.15, 0.2) is 0 Å². The first-order valence-corrected chi connectivity index (χ1v) is 10.8. The minimum absolute atomic E-state index is 0.0228. The molecule has 33 heavy (non-hydrogen) atoms. The maximum atomic E-state index is 13.7. The average Bonchev–Trinajstić information content (AvgIpc) is 2.83. The van der Waals surface area contributed by atoms with Crippen molar-refractivity contribution in [3.63, 3.8) is 0 Å². The molecule has 0 radical (unpaired) electrons. The molecule has 1 aliphatic heterocycles. The third-order valence-corrected chi connectivity index (χ3v) is 5.43. The van der Waals surface area contributed by atoms with Gasteiger partial charge in [-0.15, -0.1) is 0 Å². The number of aromatic nitrogens is 3. The van der Waals surface area contributed by atoms with E-state index in [-0.39, 0.29) is 30.1 Å². The lowest BCUT2D eigenvalue weighted by Crippen LogP contribution is -2.44. The van der Waals surface area contributed by atoms with Crippen LogP contribution < -0.4 is 10.6 Å². The highest BCUT2D eigenvalue weighted by Crippen LogP contribution is 2.29. The van der Waals surface area contributed by atoms with Gasteiger partial charge in [-0.1, -0.05) is 6.07 Å². The molecule has 8 nitrogen and oxygen atoms in total. The minimum Gasteiger partial charge on any atom is -0.347 e. The number of nitrogens with one attached hydrogen (secondary N) is 2. The Morgan fingerprint density at radius 2 is 2.06 bits per heavy atom. The number of likely N-dealkylation sites (tertiary alicyclic amines) is 1. The fraction of sp³-hybridized carbons (Fsp3) is 0.292. The predicted molar refractivity (Wildman–Crippen MR) is 122 cm³/mol. The smallest absolute Gasteiger partial charge is 0.241 e. The number of amides is 2. The van der Waals surface area contributed by atoms with Gasteiger partial charge in [-0.05, 0) is 43.2 Å². The Hall–Kier alpha value is -3.88. The van der Waals surface area contributed by atoms with E-state index in [4.69, 9.17) is 9.97 Å². The Kier molecular flexibility index (Phi) is 6.87. The zero-order valence-corrected chi connectivity index (χ0v) is 18.3. The molecule has 2 N–H and O–H groups in total. The largest absolute Gasteiger partial charge is 0.347 e. The number of piperidine rings is 1. The van der Waals surface area contributed by atoms with Gasteiger partial charge in [-0.3, -0.25) is 14.6 Å². The first-order valence-electron chi connectivity index (χ1n) is 10.8. The van der Waals surface area contributed by atoms with Gasteiger partial charge in [-0.25, -0.2) is 14.4 Å². The van der Waals surface area contributed by atoms with Crippen molar-refractivity contribution in [1.29, 1.82) is 0 Å². The number of rotatable bonds is 6. The molecule has 1 atom stereocenters. The first kappa shape index (κ1) is 22.3. The molecule has 1 unspecified atom stereocenters. The van der Waals surface area contributed by atoms with E-state index in [0.717, 1.165) is 18.4 Å². The van der Waals surface area contributed by atoms with Crippen molar-refractivity contribution in [3.8, 4) is 11.3 Å². The normalized spacial score (nSPS) is 15.7. The van der Waals surface area contributed by atoms with Crippen LogP contribution in [0.1, 0.15) is 31.5 Å². The minimum atomic E-state index is -0.345. The summed E-state index contributed by atoms with van der Waals surface area (Å²) in [4.78, 5) is 39.1. The number of anilines is 2. The van der Waals surface area contributed by atoms with E-state index in [1.54, 1.807) is 35.5 Å². The first-order chi connectivity index (χ1) is 16.0. The van der Waals surface area contributed by atoms with Gasteiger partial charge in [-0.2, -0.15) is 0 Å². The Morgan fingerprint density at radius 1 is 1.18 bits per heavy atom. The van der Waals surface area contributed by atoms with Crippen LogP contribution in [0.5, 0.6) is 0 Å². The standard InChI is InChI=1S/C24H25FN6O2/c1-16(32)27-14-23(33)31-10-4-6-18(15-31)24-29-21(17-5-3-9-26-13-17)12-22(30-24)28-20-8-2-7-19(25)11-20/h2-3,5,7-9,11-13,18H,4,6,10,14-15H2,1H3,(H,27,32)(H,28,29,30). The maximum absolute atomic E-state index is 13.7. The van der Waals surface area contributed by atoms with Gasteiger partial charge >= 0.3 is 0 Å². The van der Waals surface area contributed by atoms with Crippen molar-refractivity contribution in [3.05, 3.63) is 66.5 Å². The molecule has 0 saturated carbocycles. The monoisotopic (exact) mass is 448 g/mol. The van der Waals surface area contributed by atoms with E-state index in [1.165, 1.54) is 19.1 Å². The van der Waals surface area contributed by atoms with Crippen molar-refractivity contribution >= 4 is 23.3 Å². The third-order valence-electron chi connectivity index (χ3n) is 5.43. The summed E-state index contributed by atoms with van der Waals surface area (Å²) in [6.45, 7) is 2.46. The lowest BCUT2D eigenvalue weighted by atomic mass is 9.96. The average molecular weight is 449 g/mol. The molecule has 0 spiro atoms. The second-order valence-corrected chi connectivity index (χ2v) is 7.96. The summed E-state index contributed by atoms with van der Waals surface area (Å²) in [6.07, 6.45) is 5.06. The summed E-state index contributed by atoms with van der Waals surface area (Å²) in [5.74, 6) is 0.361. The van der Waals surface area contributed by atoms with Gasteiger partial charge in [0.25, 0.3) is 0 Å². The summed E-state index contributed by atoms with van der Waals surface area (Å²) in [7, 11) is 0. The number of carbonyl (C=O) groups excluding carboxylic acids is 2. The van der Waals surface area contributed by atoms with E-state index in [1.807, 2.05) is 12.1 Å². The highest BCUT2D eigenvalue weighted by Gasteiger charge is 2.27. The molecule has 170 valence electrons. The summed E-state index contributed by atoms with van der Waals surface area (Å²) < 4.78 is 13.7. The Morgan fingerprint density at radius 3 is 2.82 bits per heavy atom. The molecule has 1 aromatic carbocycles. The second-order valence-electron chi connectivity index (χ2n) is 7.96. The van der Waals surface area contributed by atoms with Gasteiger partial charge in [0, 0.05) is 55.6 Å². The number of halogens is 1. The maximum Gasteiger partial charge on any atom is 0.241 e.